The van der Waals surface area contributed by atoms with E-state index in [-0.39, 0.29) is 11.9 Å². The van der Waals surface area contributed by atoms with Gasteiger partial charge in [0.05, 0.1) is 12.3 Å². The van der Waals surface area contributed by atoms with E-state index in [0.717, 1.165) is 16.7 Å². The molecule has 3 rings (SSSR count). The summed E-state index contributed by atoms with van der Waals surface area (Å²) >= 11 is 0. The second kappa shape index (κ2) is 7.15. The summed E-state index contributed by atoms with van der Waals surface area (Å²) in [7, 11) is 3.94. The van der Waals surface area contributed by atoms with E-state index >= 15 is 0 Å². The minimum atomic E-state index is -0.110. The number of hydrogen-bond donors (Lipinski definition) is 2. The summed E-state index contributed by atoms with van der Waals surface area (Å²) in [6.07, 6.45) is 1.65. The number of furan rings is 1. The number of carbonyl (C=O) groups is 1. The Morgan fingerprint density at radius 3 is 2.68 bits per heavy atom. The fourth-order valence-electron chi connectivity index (χ4n) is 2.93. The van der Waals surface area contributed by atoms with Crippen LogP contribution >= 0.6 is 0 Å². The van der Waals surface area contributed by atoms with Crippen LogP contribution in [-0.4, -0.2) is 36.4 Å². The molecule has 1 aromatic carbocycles. The number of benzene rings is 1. The largest absolute Gasteiger partial charge is 0.468 e. The van der Waals surface area contributed by atoms with Gasteiger partial charge in [0.25, 0.3) is 5.91 Å². The number of nitrogens with one attached hydrogen (secondary N) is 2. The van der Waals surface area contributed by atoms with Crippen molar-refractivity contribution in [2.45, 2.75) is 25.8 Å². The normalized spacial score (nSPS) is 12.9. The van der Waals surface area contributed by atoms with Crippen molar-refractivity contribution in [3.8, 4) is 0 Å². The van der Waals surface area contributed by atoms with Crippen molar-refractivity contribution in [1.29, 1.82) is 0 Å². The van der Waals surface area contributed by atoms with E-state index in [2.05, 4.69) is 42.3 Å². The van der Waals surface area contributed by atoms with Crippen LogP contribution in [0.2, 0.25) is 0 Å². The third-order valence-electron chi connectivity index (χ3n) is 4.51. The molecule has 1 amide bonds. The maximum atomic E-state index is 12.5. The molecule has 1 atom stereocenters. The number of H-pyrrole nitrogens is 1. The van der Waals surface area contributed by atoms with Crippen LogP contribution < -0.4 is 5.32 Å². The molecule has 0 bridgehead atoms. The van der Waals surface area contributed by atoms with E-state index in [1.165, 1.54) is 5.56 Å². The summed E-state index contributed by atoms with van der Waals surface area (Å²) in [4.78, 5) is 17.8. The average Bonchev–Trinajstić information content (AvgIpc) is 3.23. The first-order valence-electron chi connectivity index (χ1n) is 8.56. The molecule has 0 radical (unpaired) electrons. The Kier molecular flexibility index (Phi) is 4.95. The third kappa shape index (κ3) is 3.77. The van der Waals surface area contributed by atoms with Crippen LogP contribution in [0.1, 0.15) is 47.6 Å². The lowest BCUT2D eigenvalue weighted by molar-refractivity contribution is 0.0935. The highest BCUT2D eigenvalue weighted by Gasteiger charge is 2.19. The number of aromatic amines is 1. The number of carbonyl (C=O) groups excluding carboxylic acids is 1. The molecule has 25 heavy (non-hydrogen) atoms. The quantitative estimate of drug-likeness (QED) is 0.715. The number of nitrogens with zero attached hydrogens (tertiary/aromatic N) is 1. The standard InChI is InChI=1S/C20H25N3O2/c1-13(2)14-7-8-15-11-17(22-16(15)10-14)20(24)21-12-18(23(3)4)19-6-5-9-25-19/h5-11,13,18,22H,12H2,1-4H3,(H,21,24)/t18-/m1/s1. The number of hydrogen-bond acceptors (Lipinski definition) is 3. The van der Waals surface area contributed by atoms with Crippen LogP contribution in [0.25, 0.3) is 10.9 Å². The number of aromatic nitrogens is 1. The zero-order chi connectivity index (χ0) is 18.0. The maximum absolute atomic E-state index is 12.5. The Morgan fingerprint density at radius 1 is 1.24 bits per heavy atom. The maximum Gasteiger partial charge on any atom is 0.267 e. The number of fused-ring (bicyclic) bond motifs is 1. The van der Waals surface area contributed by atoms with E-state index < -0.39 is 0 Å². The van der Waals surface area contributed by atoms with Gasteiger partial charge in [0.15, 0.2) is 0 Å². The van der Waals surface area contributed by atoms with E-state index in [9.17, 15) is 4.79 Å². The molecule has 132 valence electrons. The molecule has 2 aromatic heterocycles. The van der Waals surface area contributed by atoms with Gasteiger partial charge in [-0.1, -0.05) is 26.0 Å². The first-order valence-corrected chi connectivity index (χ1v) is 8.56. The summed E-state index contributed by atoms with van der Waals surface area (Å²) < 4.78 is 5.48. The molecule has 2 heterocycles. The molecule has 0 unspecified atom stereocenters. The zero-order valence-corrected chi connectivity index (χ0v) is 15.2. The first-order chi connectivity index (χ1) is 12.0. The van der Waals surface area contributed by atoms with Crippen molar-refractivity contribution in [2.75, 3.05) is 20.6 Å². The molecule has 5 heteroatoms. The minimum absolute atomic E-state index is 0.00382. The summed E-state index contributed by atoms with van der Waals surface area (Å²) in [5, 5.41) is 4.04. The number of rotatable bonds is 6. The topological polar surface area (TPSA) is 61.3 Å². The van der Waals surface area contributed by atoms with Gasteiger partial charge >= 0.3 is 0 Å². The Labute approximate surface area is 148 Å². The Morgan fingerprint density at radius 2 is 2.04 bits per heavy atom. The van der Waals surface area contributed by atoms with Gasteiger partial charge in [0.2, 0.25) is 0 Å². The number of likely N-dealkylation sites (N-methyl/N-ethyl adjacent to an activating group) is 1. The summed E-state index contributed by atoms with van der Waals surface area (Å²) in [5.74, 6) is 1.18. The van der Waals surface area contributed by atoms with Crippen LogP contribution in [0.5, 0.6) is 0 Å². The molecule has 0 spiro atoms. The molecular formula is C20H25N3O2. The van der Waals surface area contributed by atoms with Gasteiger partial charge in [0, 0.05) is 17.4 Å². The van der Waals surface area contributed by atoms with E-state index in [4.69, 9.17) is 4.42 Å². The van der Waals surface area contributed by atoms with Crippen molar-refractivity contribution < 1.29 is 9.21 Å². The molecule has 5 nitrogen and oxygen atoms in total. The highest BCUT2D eigenvalue weighted by atomic mass is 16.3. The molecule has 0 fully saturated rings. The summed E-state index contributed by atoms with van der Waals surface area (Å²) in [6, 6.07) is 12.0. The molecule has 0 aliphatic rings. The second-order valence-electron chi connectivity index (χ2n) is 6.89. The zero-order valence-electron chi connectivity index (χ0n) is 15.2. The highest BCUT2D eigenvalue weighted by molar-refractivity contribution is 5.98. The van der Waals surface area contributed by atoms with Crippen LogP contribution in [0, 0.1) is 0 Å². The van der Waals surface area contributed by atoms with Gasteiger partial charge in [-0.05, 0) is 49.8 Å². The van der Waals surface area contributed by atoms with Crippen molar-refractivity contribution in [3.05, 3.63) is 59.7 Å². The smallest absolute Gasteiger partial charge is 0.267 e. The monoisotopic (exact) mass is 339 g/mol. The van der Waals surface area contributed by atoms with E-state index in [0.29, 0.717) is 18.2 Å². The molecule has 0 aliphatic heterocycles. The van der Waals surface area contributed by atoms with Crippen molar-refractivity contribution in [2.24, 2.45) is 0 Å². The SMILES string of the molecule is CC(C)c1ccc2cc(C(=O)NC[C@H](c3ccco3)N(C)C)[nH]c2c1. The second-order valence-corrected chi connectivity index (χ2v) is 6.89. The highest BCUT2D eigenvalue weighted by Crippen LogP contribution is 2.22. The Bertz CT molecular complexity index is 847. The fraction of sp³-hybridized carbons (Fsp3) is 0.350. The predicted molar refractivity (Wildman–Crippen MR) is 99.9 cm³/mol. The van der Waals surface area contributed by atoms with Crippen LogP contribution in [0.4, 0.5) is 0 Å². The molecule has 2 N–H and O–H groups in total. The lowest BCUT2D eigenvalue weighted by atomic mass is 10.0. The number of amides is 1. The molecule has 3 aromatic rings. The molecule has 0 saturated carbocycles. The molecule has 0 saturated heterocycles. The lowest BCUT2D eigenvalue weighted by Crippen LogP contribution is -2.34. The van der Waals surface area contributed by atoms with E-state index in [1.807, 2.05) is 37.2 Å². The Hall–Kier alpha value is -2.53. The Balaban J connectivity index is 1.73. The predicted octanol–water partition coefficient (Wildman–Crippen LogP) is 3.92. The summed E-state index contributed by atoms with van der Waals surface area (Å²) in [5.41, 5.74) is 2.83. The van der Waals surface area contributed by atoms with Crippen molar-refractivity contribution in [1.82, 2.24) is 15.2 Å². The summed E-state index contributed by atoms with van der Waals surface area (Å²) in [6.45, 7) is 4.80. The van der Waals surface area contributed by atoms with Crippen molar-refractivity contribution in [3.63, 3.8) is 0 Å². The van der Waals surface area contributed by atoms with Crippen LogP contribution in [0.15, 0.2) is 47.1 Å². The van der Waals surface area contributed by atoms with Crippen LogP contribution in [0.3, 0.4) is 0 Å². The van der Waals surface area contributed by atoms with Gasteiger partial charge in [0.1, 0.15) is 11.5 Å². The minimum Gasteiger partial charge on any atom is -0.468 e. The van der Waals surface area contributed by atoms with E-state index in [1.54, 1.807) is 6.26 Å². The van der Waals surface area contributed by atoms with Gasteiger partial charge in [-0.15, -0.1) is 0 Å². The fourth-order valence-corrected chi connectivity index (χ4v) is 2.93. The molecule has 0 aliphatic carbocycles. The first kappa shape index (κ1) is 17.3. The van der Waals surface area contributed by atoms with Crippen LogP contribution in [-0.2, 0) is 0 Å². The van der Waals surface area contributed by atoms with Gasteiger partial charge in [-0.3, -0.25) is 9.69 Å². The molecular weight excluding hydrogens is 314 g/mol. The van der Waals surface area contributed by atoms with Crippen molar-refractivity contribution >= 4 is 16.8 Å². The average molecular weight is 339 g/mol. The van der Waals surface area contributed by atoms with Gasteiger partial charge in [-0.25, -0.2) is 0 Å². The third-order valence-corrected chi connectivity index (χ3v) is 4.51. The van der Waals surface area contributed by atoms with Gasteiger partial charge in [-0.2, -0.15) is 0 Å². The lowest BCUT2D eigenvalue weighted by Gasteiger charge is -2.22. The van der Waals surface area contributed by atoms with Gasteiger partial charge < -0.3 is 14.7 Å².